The fraction of sp³-hybridized carbons (Fsp3) is 0.438. The van der Waals surface area contributed by atoms with E-state index in [1.165, 1.54) is 5.56 Å². The number of rotatable bonds is 3. The molecular weight excluding hydrogens is 238 g/mol. The van der Waals surface area contributed by atoms with Crippen molar-refractivity contribution in [2.24, 2.45) is 5.92 Å². The highest BCUT2D eigenvalue weighted by Crippen LogP contribution is 2.44. The minimum absolute atomic E-state index is 0.00843. The first kappa shape index (κ1) is 12.4. The minimum atomic E-state index is -0.590. The van der Waals surface area contributed by atoms with Gasteiger partial charge < -0.3 is 10.0 Å². The Bertz CT molecular complexity index is 508. The fourth-order valence-electron chi connectivity index (χ4n) is 2.60. The van der Waals surface area contributed by atoms with Gasteiger partial charge in [0.25, 0.3) is 0 Å². The molecule has 1 amide bonds. The molecule has 1 aliphatic heterocycles. The molecule has 19 heavy (non-hydrogen) atoms. The van der Waals surface area contributed by atoms with Crippen molar-refractivity contribution in [1.82, 2.24) is 4.90 Å². The number of carbonyl (C=O) groups excluding carboxylic acids is 1. The Morgan fingerprint density at radius 1 is 1.32 bits per heavy atom. The summed E-state index contributed by atoms with van der Waals surface area (Å²) in [7, 11) is 0. The average Bonchev–Trinajstić information content (AvgIpc) is 3.18. The molecule has 1 N–H and O–H groups in total. The molecule has 0 radical (unpaired) electrons. The van der Waals surface area contributed by atoms with E-state index in [-0.39, 0.29) is 5.91 Å². The zero-order chi connectivity index (χ0) is 13.5. The highest BCUT2D eigenvalue weighted by Gasteiger charge is 2.52. The van der Waals surface area contributed by atoms with Crippen LogP contribution in [0.1, 0.15) is 24.0 Å². The summed E-state index contributed by atoms with van der Waals surface area (Å²) in [5.74, 6) is 0.420. The second-order valence-corrected chi connectivity index (χ2v) is 5.82. The van der Waals surface area contributed by atoms with Crippen molar-refractivity contribution in [3.8, 4) is 0 Å². The molecule has 1 saturated heterocycles. The van der Waals surface area contributed by atoms with E-state index in [0.717, 1.165) is 18.4 Å². The van der Waals surface area contributed by atoms with Gasteiger partial charge in [-0.3, -0.25) is 4.79 Å². The van der Waals surface area contributed by atoms with Crippen molar-refractivity contribution in [2.45, 2.75) is 25.4 Å². The Labute approximate surface area is 113 Å². The molecule has 0 spiro atoms. The van der Waals surface area contributed by atoms with Crippen molar-refractivity contribution in [3.63, 3.8) is 0 Å². The summed E-state index contributed by atoms with van der Waals surface area (Å²) in [4.78, 5) is 13.6. The van der Waals surface area contributed by atoms with Gasteiger partial charge in [0.15, 0.2) is 0 Å². The van der Waals surface area contributed by atoms with E-state index >= 15 is 0 Å². The maximum absolute atomic E-state index is 11.9. The van der Waals surface area contributed by atoms with E-state index in [1.807, 2.05) is 37.3 Å². The molecule has 3 heteroatoms. The lowest BCUT2D eigenvalue weighted by molar-refractivity contribution is -0.154. The second kappa shape index (κ2) is 4.49. The van der Waals surface area contributed by atoms with E-state index < -0.39 is 5.60 Å². The van der Waals surface area contributed by atoms with E-state index in [2.05, 4.69) is 0 Å². The van der Waals surface area contributed by atoms with Crippen LogP contribution in [0.2, 0.25) is 0 Å². The number of aryl methyl sites for hydroxylation is 1. The fourth-order valence-corrected chi connectivity index (χ4v) is 2.60. The topological polar surface area (TPSA) is 40.5 Å². The number of hydrogen-bond donors (Lipinski definition) is 1. The predicted octanol–water partition coefficient (Wildman–Crippen LogP) is 1.99. The van der Waals surface area contributed by atoms with Crippen LogP contribution in [-0.2, 0) is 4.79 Å². The van der Waals surface area contributed by atoms with Gasteiger partial charge in [0.05, 0.1) is 13.1 Å². The summed E-state index contributed by atoms with van der Waals surface area (Å²) in [5, 5.41) is 10.2. The van der Waals surface area contributed by atoms with Gasteiger partial charge >= 0.3 is 0 Å². The van der Waals surface area contributed by atoms with E-state index in [1.54, 1.807) is 11.0 Å². The van der Waals surface area contributed by atoms with Gasteiger partial charge in [-0.1, -0.05) is 29.8 Å². The van der Waals surface area contributed by atoms with Gasteiger partial charge in [0.2, 0.25) is 5.91 Å². The third kappa shape index (κ3) is 2.56. The van der Waals surface area contributed by atoms with Gasteiger partial charge in [-0.25, -0.2) is 0 Å². The number of benzene rings is 1. The Balaban J connectivity index is 1.56. The maximum Gasteiger partial charge on any atom is 0.246 e. The lowest BCUT2D eigenvalue weighted by Gasteiger charge is -2.46. The molecule has 0 unspecified atom stereocenters. The first-order valence-corrected chi connectivity index (χ1v) is 6.83. The summed E-state index contributed by atoms with van der Waals surface area (Å²) >= 11 is 0. The molecule has 0 aromatic heterocycles. The molecule has 3 rings (SSSR count). The summed E-state index contributed by atoms with van der Waals surface area (Å²) < 4.78 is 0. The zero-order valence-electron chi connectivity index (χ0n) is 11.2. The second-order valence-electron chi connectivity index (χ2n) is 5.82. The van der Waals surface area contributed by atoms with Crippen molar-refractivity contribution >= 4 is 12.0 Å². The quantitative estimate of drug-likeness (QED) is 0.841. The van der Waals surface area contributed by atoms with Crippen LogP contribution in [0.3, 0.4) is 0 Å². The number of nitrogens with zero attached hydrogens (tertiary/aromatic N) is 1. The SMILES string of the molecule is Cc1ccc(C=CC(=O)N2CC(O)(C3CC3)C2)cc1. The third-order valence-corrected chi connectivity index (χ3v) is 4.07. The largest absolute Gasteiger partial charge is 0.386 e. The van der Waals surface area contributed by atoms with E-state index in [0.29, 0.717) is 19.0 Å². The molecule has 1 aliphatic carbocycles. The number of carbonyl (C=O) groups is 1. The molecule has 1 saturated carbocycles. The van der Waals surface area contributed by atoms with Crippen LogP contribution in [-0.4, -0.2) is 34.6 Å². The smallest absolute Gasteiger partial charge is 0.246 e. The van der Waals surface area contributed by atoms with Crippen LogP contribution in [0, 0.1) is 12.8 Å². The van der Waals surface area contributed by atoms with Gasteiger partial charge in [-0.05, 0) is 37.3 Å². The van der Waals surface area contributed by atoms with Gasteiger partial charge in [-0.15, -0.1) is 0 Å². The van der Waals surface area contributed by atoms with E-state index in [4.69, 9.17) is 0 Å². The van der Waals surface area contributed by atoms with Crippen LogP contribution in [0.25, 0.3) is 6.08 Å². The number of amides is 1. The van der Waals surface area contributed by atoms with E-state index in [9.17, 15) is 9.90 Å². The molecule has 1 aromatic carbocycles. The Hall–Kier alpha value is -1.61. The Morgan fingerprint density at radius 3 is 2.53 bits per heavy atom. The van der Waals surface area contributed by atoms with Gasteiger partial charge in [0.1, 0.15) is 5.60 Å². The van der Waals surface area contributed by atoms with Crippen LogP contribution in [0.5, 0.6) is 0 Å². The molecule has 100 valence electrons. The number of hydrogen-bond acceptors (Lipinski definition) is 2. The highest BCUT2D eigenvalue weighted by atomic mass is 16.3. The normalized spacial score (nSPS) is 21.5. The lowest BCUT2D eigenvalue weighted by atomic mass is 9.88. The molecule has 1 aromatic rings. The highest BCUT2D eigenvalue weighted by molar-refractivity contribution is 5.92. The molecule has 2 aliphatic rings. The first-order valence-electron chi connectivity index (χ1n) is 6.83. The van der Waals surface area contributed by atoms with Crippen molar-refractivity contribution in [3.05, 3.63) is 41.5 Å². The Morgan fingerprint density at radius 2 is 1.95 bits per heavy atom. The average molecular weight is 257 g/mol. The predicted molar refractivity (Wildman–Crippen MR) is 74.5 cm³/mol. The van der Waals surface area contributed by atoms with Crippen LogP contribution in [0.15, 0.2) is 30.3 Å². The standard InChI is InChI=1S/C16H19NO2/c1-12-2-4-13(5-3-12)6-9-15(18)17-10-16(19,11-17)14-7-8-14/h2-6,9,14,19H,7-8,10-11H2,1H3. The summed E-state index contributed by atoms with van der Waals surface area (Å²) in [5.41, 5.74) is 1.64. The van der Waals surface area contributed by atoms with Crippen LogP contribution in [0.4, 0.5) is 0 Å². The molecule has 0 bridgehead atoms. The number of likely N-dealkylation sites (tertiary alicyclic amines) is 1. The monoisotopic (exact) mass is 257 g/mol. The molecule has 1 heterocycles. The minimum Gasteiger partial charge on any atom is -0.386 e. The lowest BCUT2D eigenvalue weighted by Crippen LogP contribution is -2.64. The van der Waals surface area contributed by atoms with Crippen molar-refractivity contribution in [1.29, 1.82) is 0 Å². The molecule has 3 nitrogen and oxygen atoms in total. The molecule has 2 fully saturated rings. The van der Waals surface area contributed by atoms with Crippen molar-refractivity contribution in [2.75, 3.05) is 13.1 Å². The van der Waals surface area contributed by atoms with Gasteiger partial charge in [0, 0.05) is 6.08 Å². The van der Waals surface area contributed by atoms with Crippen molar-refractivity contribution < 1.29 is 9.90 Å². The summed E-state index contributed by atoms with van der Waals surface area (Å²) in [6.07, 6.45) is 5.64. The first-order chi connectivity index (χ1) is 9.07. The van der Waals surface area contributed by atoms with Crippen LogP contribution >= 0.6 is 0 Å². The number of β-amino-alcohol motifs (C(OH)–C–C–N with tert-alkyl or cyclic N) is 1. The van der Waals surface area contributed by atoms with Gasteiger partial charge in [-0.2, -0.15) is 0 Å². The zero-order valence-corrected chi connectivity index (χ0v) is 11.2. The number of aliphatic hydroxyl groups is 1. The summed E-state index contributed by atoms with van der Waals surface area (Å²) in [6, 6.07) is 8.05. The molecule has 0 atom stereocenters. The third-order valence-electron chi connectivity index (χ3n) is 4.07. The Kier molecular flexibility index (Phi) is 2.94. The molecular formula is C16H19NO2. The summed E-state index contributed by atoms with van der Waals surface area (Å²) in [6.45, 7) is 3.03. The van der Waals surface area contributed by atoms with Crippen LogP contribution < -0.4 is 0 Å². The maximum atomic E-state index is 11.9.